The summed E-state index contributed by atoms with van der Waals surface area (Å²) in [5, 5.41) is 9.12. The first kappa shape index (κ1) is 11.2. The van der Waals surface area contributed by atoms with Crippen LogP contribution >= 0.6 is 0 Å². The maximum Gasteiger partial charge on any atom is 0.341 e. The fourth-order valence-electron chi connectivity index (χ4n) is 1.70. The summed E-state index contributed by atoms with van der Waals surface area (Å²) < 4.78 is 20.4. The van der Waals surface area contributed by atoms with Gasteiger partial charge in [-0.05, 0) is 0 Å². The van der Waals surface area contributed by atoms with E-state index in [-0.39, 0.29) is 41.0 Å². The minimum atomic E-state index is -1.23. The van der Waals surface area contributed by atoms with Gasteiger partial charge < -0.3 is 29.8 Å². The number of aromatic carboxylic acids is 1. The molecule has 7 nitrogen and oxygen atoms in total. The number of rotatable bonds is 3. The highest BCUT2D eigenvalue weighted by Gasteiger charge is 2.33. The average molecular weight is 241 g/mol. The molecule has 0 aliphatic carbocycles. The third-order valence-electron chi connectivity index (χ3n) is 2.39. The van der Waals surface area contributed by atoms with E-state index in [1.807, 2.05) is 0 Å². The molecule has 2 rings (SSSR count). The van der Waals surface area contributed by atoms with E-state index >= 15 is 0 Å². The van der Waals surface area contributed by atoms with Crippen molar-refractivity contribution < 1.29 is 28.8 Å². The third-order valence-corrected chi connectivity index (χ3v) is 2.39. The number of fused-ring (bicyclic) bond motifs is 1. The topological polar surface area (TPSA) is 100 Å². The van der Waals surface area contributed by atoms with Crippen molar-refractivity contribution in [2.45, 2.75) is 0 Å². The molecule has 1 aromatic carbocycles. The fraction of sp³-hybridized carbons (Fsp3) is 0.300. The normalized spacial score (nSPS) is 12.4. The van der Waals surface area contributed by atoms with Gasteiger partial charge in [0.2, 0.25) is 18.3 Å². The first-order valence-electron chi connectivity index (χ1n) is 4.68. The van der Waals surface area contributed by atoms with Gasteiger partial charge in [-0.3, -0.25) is 0 Å². The summed E-state index contributed by atoms with van der Waals surface area (Å²) in [5.74, 6) is -0.613. The van der Waals surface area contributed by atoms with Crippen LogP contribution in [0.3, 0.4) is 0 Å². The second-order valence-electron chi connectivity index (χ2n) is 3.23. The number of carboxylic acids is 1. The van der Waals surface area contributed by atoms with Crippen LogP contribution in [0.25, 0.3) is 0 Å². The molecule has 0 bridgehead atoms. The van der Waals surface area contributed by atoms with Gasteiger partial charge in [0.15, 0.2) is 11.5 Å². The van der Waals surface area contributed by atoms with E-state index in [2.05, 4.69) is 0 Å². The summed E-state index contributed by atoms with van der Waals surface area (Å²) in [7, 11) is 2.70. The van der Waals surface area contributed by atoms with E-state index in [1.165, 1.54) is 14.2 Å². The molecule has 7 heteroatoms. The number of benzene rings is 1. The zero-order valence-corrected chi connectivity index (χ0v) is 9.27. The fourth-order valence-corrected chi connectivity index (χ4v) is 1.70. The van der Waals surface area contributed by atoms with E-state index in [9.17, 15) is 4.79 Å². The highest BCUT2D eigenvalue weighted by atomic mass is 16.7. The Bertz CT molecular complexity index is 484. The van der Waals surface area contributed by atoms with Crippen LogP contribution in [0.15, 0.2) is 0 Å². The molecule has 0 amide bonds. The van der Waals surface area contributed by atoms with Crippen LogP contribution in [0, 0.1) is 0 Å². The molecule has 0 aromatic heterocycles. The van der Waals surface area contributed by atoms with Crippen LogP contribution in [0.5, 0.6) is 23.0 Å². The first-order valence-corrected chi connectivity index (χ1v) is 4.68. The molecule has 3 N–H and O–H groups in total. The highest BCUT2D eigenvalue weighted by Crippen LogP contribution is 2.53. The van der Waals surface area contributed by atoms with Crippen molar-refractivity contribution in [3.63, 3.8) is 0 Å². The number of carboxylic acid groups (broad SMARTS) is 1. The predicted octanol–water partition coefficient (Wildman–Crippen LogP) is 0.713. The number of nitrogens with two attached hydrogens (primary N) is 1. The van der Waals surface area contributed by atoms with Crippen molar-refractivity contribution in [1.29, 1.82) is 0 Å². The molecule has 0 unspecified atom stereocenters. The lowest BCUT2D eigenvalue weighted by molar-refractivity contribution is 0.0693. The molecule has 1 aromatic rings. The average Bonchev–Trinajstić information content (AvgIpc) is 2.75. The zero-order chi connectivity index (χ0) is 12.6. The maximum atomic E-state index is 11.2. The summed E-state index contributed by atoms with van der Waals surface area (Å²) >= 11 is 0. The molecule has 1 heterocycles. The van der Waals surface area contributed by atoms with Gasteiger partial charge in [0.25, 0.3) is 0 Å². The molecule has 0 saturated heterocycles. The monoisotopic (exact) mass is 241 g/mol. The lowest BCUT2D eigenvalue weighted by Crippen LogP contribution is -2.07. The maximum absolute atomic E-state index is 11.2. The predicted molar refractivity (Wildman–Crippen MR) is 57.0 cm³/mol. The molecule has 0 radical (unpaired) electrons. The van der Waals surface area contributed by atoms with Gasteiger partial charge >= 0.3 is 5.97 Å². The van der Waals surface area contributed by atoms with Crippen molar-refractivity contribution in [2.24, 2.45) is 0 Å². The summed E-state index contributed by atoms with van der Waals surface area (Å²) in [6.07, 6.45) is 0. The Morgan fingerprint density at radius 2 is 1.76 bits per heavy atom. The van der Waals surface area contributed by atoms with Crippen LogP contribution in [0.2, 0.25) is 0 Å². The van der Waals surface area contributed by atoms with Crippen molar-refractivity contribution in [2.75, 3.05) is 26.7 Å². The quantitative estimate of drug-likeness (QED) is 0.751. The van der Waals surface area contributed by atoms with Crippen molar-refractivity contribution >= 4 is 11.7 Å². The standard InChI is InChI=1S/C10H11NO6/c1-14-6-4(10(12)13)5(11)7(15-2)9-8(6)16-3-17-9/h3,11H2,1-2H3,(H,12,13). The van der Waals surface area contributed by atoms with E-state index in [1.54, 1.807) is 0 Å². The molecule has 1 aliphatic heterocycles. The van der Waals surface area contributed by atoms with E-state index in [4.69, 9.17) is 29.8 Å². The SMILES string of the molecule is COc1c(N)c(C(=O)O)c(OC)c2c1OCO2. The van der Waals surface area contributed by atoms with Crippen molar-refractivity contribution in [1.82, 2.24) is 0 Å². The summed E-state index contributed by atoms with van der Waals surface area (Å²) in [6, 6.07) is 0. The number of anilines is 1. The van der Waals surface area contributed by atoms with Gasteiger partial charge in [0.1, 0.15) is 5.56 Å². The molecule has 0 spiro atoms. The van der Waals surface area contributed by atoms with Gasteiger partial charge in [-0.2, -0.15) is 0 Å². The minimum absolute atomic E-state index is 0.0308. The van der Waals surface area contributed by atoms with Crippen molar-refractivity contribution in [3.05, 3.63) is 5.56 Å². The molecule has 17 heavy (non-hydrogen) atoms. The Morgan fingerprint density at radius 1 is 1.24 bits per heavy atom. The van der Waals surface area contributed by atoms with E-state index in [0.717, 1.165) is 0 Å². The number of carbonyl (C=O) groups is 1. The summed E-state index contributed by atoms with van der Waals surface area (Å²) in [6.45, 7) is -0.0371. The molecule has 1 aliphatic rings. The van der Waals surface area contributed by atoms with Crippen LogP contribution in [0.4, 0.5) is 5.69 Å². The summed E-state index contributed by atoms with van der Waals surface area (Å²) in [5.41, 5.74) is 5.47. The molecule has 92 valence electrons. The molecule has 0 atom stereocenters. The molecular formula is C10H11NO6. The van der Waals surface area contributed by atoms with E-state index < -0.39 is 5.97 Å². The number of ether oxygens (including phenoxy) is 4. The van der Waals surface area contributed by atoms with Crippen LogP contribution in [-0.4, -0.2) is 32.1 Å². The Labute approximate surface area is 96.6 Å². The van der Waals surface area contributed by atoms with Crippen molar-refractivity contribution in [3.8, 4) is 23.0 Å². The van der Waals surface area contributed by atoms with Crippen LogP contribution in [-0.2, 0) is 0 Å². The lowest BCUT2D eigenvalue weighted by Gasteiger charge is -2.14. The lowest BCUT2D eigenvalue weighted by atomic mass is 10.1. The Morgan fingerprint density at radius 3 is 2.24 bits per heavy atom. The second-order valence-corrected chi connectivity index (χ2v) is 3.23. The Balaban J connectivity index is 2.80. The smallest absolute Gasteiger partial charge is 0.341 e. The van der Waals surface area contributed by atoms with Gasteiger partial charge in [0.05, 0.1) is 19.9 Å². The number of hydrogen-bond acceptors (Lipinski definition) is 6. The van der Waals surface area contributed by atoms with Crippen LogP contribution in [0.1, 0.15) is 10.4 Å². The number of methoxy groups -OCH3 is 2. The minimum Gasteiger partial charge on any atom is -0.492 e. The molecule has 0 fully saturated rings. The first-order chi connectivity index (χ1) is 8.11. The van der Waals surface area contributed by atoms with Crippen LogP contribution < -0.4 is 24.7 Å². The Kier molecular flexibility index (Phi) is 2.58. The largest absolute Gasteiger partial charge is 0.492 e. The summed E-state index contributed by atoms with van der Waals surface area (Å²) in [4.78, 5) is 11.2. The highest BCUT2D eigenvalue weighted by molar-refractivity contribution is 6.01. The number of nitrogen functional groups attached to an aromatic ring is 1. The van der Waals surface area contributed by atoms with E-state index in [0.29, 0.717) is 0 Å². The van der Waals surface area contributed by atoms with Gasteiger partial charge in [-0.15, -0.1) is 0 Å². The molecular weight excluding hydrogens is 230 g/mol. The molecule has 0 saturated carbocycles. The third kappa shape index (κ3) is 1.47. The van der Waals surface area contributed by atoms with Gasteiger partial charge in [-0.1, -0.05) is 0 Å². The van der Waals surface area contributed by atoms with Gasteiger partial charge in [-0.25, -0.2) is 4.79 Å². The Hall–Kier alpha value is -2.31. The second kappa shape index (κ2) is 3.93. The number of hydrogen-bond donors (Lipinski definition) is 2. The zero-order valence-electron chi connectivity index (χ0n) is 9.27. The van der Waals surface area contributed by atoms with Gasteiger partial charge in [0, 0.05) is 0 Å².